The Bertz CT molecular complexity index is 377. The molecule has 3 N–H and O–H groups in total. The number of carbonyl (C=O) groups is 2. The Morgan fingerprint density at radius 1 is 1.43 bits per heavy atom. The van der Waals surface area contributed by atoms with E-state index in [1.807, 2.05) is 0 Å². The topological polar surface area (TPSA) is 82.7 Å². The van der Waals surface area contributed by atoms with Crippen LogP contribution in [0.4, 0.5) is 4.79 Å². The van der Waals surface area contributed by atoms with E-state index in [0.717, 1.165) is 19.7 Å². The van der Waals surface area contributed by atoms with E-state index < -0.39 is 12.1 Å². The van der Waals surface area contributed by atoms with Gasteiger partial charge < -0.3 is 15.4 Å². The van der Waals surface area contributed by atoms with Gasteiger partial charge >= 0.3 is 6.03 Å². The number of morpholine rings is 1. The van der Waals surface area contributed by atoms with Gasteiger partial charge in [-0.3, -0.25) is 15.0 Å². The molecule has 3 atom stereocenters. The summed E-state index contributed by atoms with van der Waals surface area (Å²) in [6.45, 7) is 7.51. The van der Waals surface area contributed by atoms with E-state index in [9.17, 15) is 9.59 Å². The predicted octanol–water partition coefficient (Wildman–Crippen LogP) is -0.327. The van der Waals surface area contributed by atoms with Crippen molar-refractivity contribution in [2.75, 3.05) is 32.8 Å². The summed E-state index contributed by atoms with van der Waals surface area (Å²) in [6.07, 6.45) is 2.59. The van der Waals surface area contributed by atoms with E-state index in [0.29, 0.717) is 19.1 Å². The smallest absolute Gasteiger partial charge is 0.321 e. The van der Waals surface area contributed by atoms with E-state index in [-0.39, 0.29) is 12.0 Å². The van der Waals surface area contributed by atoms with Crippen LogP contribution in [0.25, 0.3) is 0 Å². The summed E-state index contributed by atoms with van der Waals surface area (Å²) >= 11 is 0. The Hall–Kier alpha value is -1.18. The zero-order valence-electron chi connectivity index (χ0n) is 12.9. The Labute approximate surface area is 125 Å². The van der Waals surface area contributed by atoms with Gasteiger partial charge in [-0.25, -0.2) is 4.79 Å². The maximum absolute atomic E-state index is 11.8. The van der Waals surface area contributed by atoms with Crippen LogP contribution in [-0.2, 0) is 9.53 Å². The van der Waals surface area contributed by atoms with Crippen molar-refractivity contribution in [3.63, 3.8) is 0 Å². The van der Waals surface area contributed by atoms with Crippen LogP contribution in [0.15, 0.2) is 0 Å². The lowest BCUT2D eigenvalue weighted by Crippen LogP contribution is -2.53. The van der Waals surface area contributed by atoms with Crippen molar-refractivity contribution in [1.29, 1.82) is 0 Å². The van der Waals surface area contributed by atoms with Gasteiger partial charge in [0.25, 0.3) is 0 Å². The molecule has 0 bridgehead atoms. The number of nitrogens with one attached hydrogen (secondary N) is 3. The number of urea groups is 1. The van der Waals surface area contributed by atoms with Crippen LogP contribution in [0.2, 0.25) is 0 Å². The second-order valence-electron chi connectivity index (χ2n) is 5.72. The average Bonchev–Trinajstić information content (AvgIpc) is 2.92. The minimum absolute atomic E-state index is 0.110. The molecule has 2 aliphatic heterocycles. The molecule has 2 fully saturated rings. The average molecular weight is 298 g/mol. The molecule has 0 saturated carbocycles. The SMILES string of the molecule is CCNC(=O)NC(=O)C(C)NCC1CN2CCCC2CO1. The molecule has 2 aliphatic rings. The third-order valence-corrected chi connectivity index (χ3v) is 4.08. The molecule has 120 valence electrons. The highest BCUT2D eigenvalue weighted by Gasteiger charge is 2.32. The zero-order chi connectivity index (χ0) is 15.2. The van der Waals surface area contributed by atoms with Crippen LogP contribution < -0.4 is 16.0 Å². The summed E-state index contributed by atoms with van der Waals surface area (Å²) in [7, 11) is 0. The molecule has 0 radical (unpaired) electrons. The molecule has 2 saturated heterocycles. The second kappa shape index (κ2) is 7.72. The van der Waals surface area contributed by atoms with Gasteiger partial charge in [-0.05, 0) is 33.2 Å². The van der Waals surface area contributed by atoms with E-state index in [1.165, 1.54) is 12.8 Å². The van der Waals surface area contributed by atoms with Gasteiger partial charge in [0.2, 0.25) is 5.91 Å². The zero-order valence-corrected chi connectivity index (χ0v) is 12.9. The van der Waals surface area contributed by atoms with Gasteiger partial charge in [-0.2, -0.15) is 0 Å². The first-order valence-corrected chi connectivity index (χ1v) is 7.78. The van der Waals surface area contributed by atoms with Crippen molar-refractivity contribution in [1.82, 2.24) is 20.9 Å². The lowest BCUT2D eigenvalue weighted by atomic mass is 10.2. The van der Waals surface area contributed by atoms with Gasteiger partial charge in [0.1, 0.15) is 0 Å². The van der Waals surface area contributed by atoms with Gasteiger partial charge in [0.05, 0.1) is 18.8 Å². The van der Waals surface area contributed by atoms with Crippen molar-refractivity contribution in [2.24, 2.45) is 0 Å². The highest BCUT2D eigenvalue weighted by Crippen LogP contribution is 2.22. The second-order valence-corrected chi connectivity index (χ2v) is 5.72. The molecule has 0 aliphatic carbocycles. The Balaban J connectivity index is 1.67. The number of hydrogen-bond donors (Lipinski definition) is 3. The van der Waals surface area contributed by atoms with Crippen molar-refractivity contribution in [3.8, 4) is 0 Å². The third kappa shape index (κ3) is 4.66. The quantitative estimate of drug-likeness (QED) is 0.648. The standard InChI is InChI=1S/C14H26N4O3/c1-3-15-14(20)17-13(19)10(2)16-7-12-8-18-6-4-5-11(18)9-21-12/h10-12,16H,3-9H2,1-2H3,(H2,15,17,19,20). The number of imide groups is 1. The molecule has 2 rings (SSSR count). The van der Waals surface area contributed by atoms with Crippen LogP contribution >= 0.6 is 0 Å². The lowest BCUT2D eigenvalue weighted by molar-refractivity contribution is -0.122. The lowest BCUT2D eigenvalue weighted by Gasteiger charge is -2.35. The largest absolute Gasteiger partial charge is 0.374 e. The number of carbonyl (C=O) groups excluding carboxylic acids is 2. The third-order valence-electron chi connectivity index (χ3n) is 4.08. The van der Waals surface area contributed by atoms with Gasteiger partial charge in [0.15, 0.2) is 0 Å². The summed E-state index contributed by atoms with van der Waals surface area (Å²) in [6, 6.07) is -0.294. The van der Waals surface area contributed by atoms with E-state index in [2.05, 4.69) is 20.9 Å². The molecule has 2 heterocycles. The highest BCUT2D eigenvalue weighted by atomic mass is 16.5. The van der Waals surface area contributed by atoms with Crippen molar-refractivity contribution >= 4 is 11.9 Å². The molecular weight excluding hydrogens is 272 g/mol. The maximum Gasteiger partial charge on any atom is 0.321 e. The fraction of sp³-hybridized carbons (Fsp3) is 0.857. The summed E-state index contributed by atoms with van der Waals surface area (Å²) in [5.74, 6) is -0.323. The van der Waals surface area contributed by atoms with Crippen LogP contribution in [0, 0.1) is 0 Å². The summed E-state index contributed by atoms with van der Waals surface area (Å²) in [4.78, 5) is 25.6. The first-order valence-electron chi connectivity index (χ1n) is 7.78. The molecule has 7 nitrogen and oxygen atoms in total. The normalized spacial score (nSPS) is 27.0. The van der Waals surface area contributed by atoms with Crippen LogP contribution in [0.1, 0.15) is 26.7 Å². The molecular formula is C14H26N4O3. The minimum Gasteiger partial charge on any atom is -0.374 e. The van der Waals surface area contributed by atoms with Gasteiger partial charge in [0, 0.05) is 25.7 Å². The van der Waals surface area contributed by atoms with Gasteiger partial charge in [-0.1, -0.05) is 0 Å². The monoisotopic (exact) mass is 298 g/mol. The van der Waals surface area contributed by atoms with Crippen molar-refractivity contribution in [2.45, 2.75) is 44.9 Å². The molecule has 0 aromatic heterocycles. The fourth-order valence-corrected chi connectivity index (χ4v) is 2.83. The highest BCUT2D eigenvalue weighted by molar-refractivity contribution is 5.96. The maximum atomic E-state index is 11.8. The number of amides is 3. The Morgan fingerprint density at radius 2 is 2.24 bits per heavy atom. The fourth-order valence-electron chi connectivity index (χ4n) is 2.83. The molecule has 0 spiro atoms. The first-order chi connectivity index (χ1) is 10.1. The number of nitrogens with zero attached hydrogens (tertiary/aromatic N) is 1. The summed E-state index contributed by atoms with van der Waals surface area (Å²) < 4.78 is 5.83. The first kappa shape index (κ1) is 16.2. The minimum atomic E-state index is -0.454. The molecule has 21 heavy (non-hydrogen) atoms. The van der Waals surface area contributed by atoms with Crippen LogP contribution in [-0.4, -0.2) is 67.8 Å². The Morgan fingerprint density at radius 3 is 3.00 bits per heavy atom. The number of hydrogen-bond acceptors (Lipinski definition) is 5. The molecule has 3 unspecified atom stereocenters. The molecule has 7 heteroatoms. The van der Waals surface area contributed by atoms with Crippen molar-refractivity contribution in [3.05, 3.63) is 0 Å². The van der Waals surface area contributed by atoms with E-state index in [4.69, 9.17) is 4.74 Å². The molecule has 3 amide bonds. The van der Waals surface area contributed by atoms with Crippen LogP contribution in [0.3, 0.4) is 0 Å². The van der Waals surface area contributed by atoms with E-state index >= 15 is 0 Å². The summed E-state index contributed by atoms with van der Waals surface area (Å²) in [5.41, 5.74) is 0. The van der Waals surface area contributed by atoms with Crippen molar-refractivity contribution < 1.29 is 14.3 Å². The summed E-state index contributed by atoms with van der Waals surface area (Å²) in [5, 5.41) is 7.97. The number of ether oxygens (including phenoxy) is 1. The van der Waals surface area contributed by atoms with Gasteiger partial charge in [-0.15, -0.1) is 0 Å². The van der Waals surface area contributed by atoms with Crippen LogP contribution in [0.5, 0.6) is 0 Å². The predicted molar refractivity (Wildman–Crippen MR) is 79.0 cm³/mol. The van der Waals surface area contributed by atoms with E-state index in [1.54, 1.807) is 13.8 Å². The number of fused-ring (bicyclic) bond motifs is 1. The molecule has 0 aromatic carbocycles. The molecule has 0 aromatic rings. The Kier molecular flexibility index (Phi) is 5.96. The number of rotatable bonds is 5.